The molecule has 5 heteroatoms. The molecule has 1 saturated heterocycles. The molecule has 0 spiro atoms. The van der Waals surface area contributed by atoms with Gasteiger partial charge in [0.25, 0.3) is 0 Å². The Morgan fingerprint density at radius 1 is 1.50 bits per heavy atom. The summed E-state index contributed by atoms with van der Waals surface area (Å²) in [5, 5.41) is 3.35. The van der Waals surface area contributed by atoms with Gasteiger partial charge in [-0.2, -0.15) is 0 Å². The Bertz CT molecular complexity index is 382. The van der Waals surface area contributed by atoms with Crippen molar-refractivity contribution in [1.29, 1.82) is 0 Å². The highest BCUT2D eigenvalue weighted by molar-refractivity contribution is 9.10. The Labute approximate surface area is 115 Å². The minimum absolute atomic E-state index is 0.282. The van der Waals surface area contributed by atoms with E-state index >= 15 is 0 Å². The van der Waals surface area contributed by atoms with Gasteiger partial charge in [0.15, 0.2) is 0 Å². The monoisotopic (exact) mass is 316 g/mol. The first-order valence-electron chi connectivity index (χ1n) is 6.19. The quantitative estimate of drug-likeness (QED) is 0.922. The molecule has 18 heavy (non-hydrogen) atoms. The topological polar surface area (TPSA) is 24.5 Å². The van der Waals surface area contributed by atoms with E-state index in [1.807, 2.05) is 0 Å². The lowest BCUT2D eigenvalue weighted by atomic mass is 10.2. The maximum Gasteiger partial charge on any atom is 0.128 e. The molecule has 1 N–H and O–H groups in total. The third-order valence-electron chi connectivity index (χ3n) is 3.12. The molecule has 1 heterocycles. The van der Waals surface area contributed by atoms with Gasteiger partial charge >= 0.3 is 0 Å². The summed E-state index contributed by atoms with van der Waals surface area (Å²) < 4.78 is 19.4. The predicted molar refractivity (Wildman–Crippen MR) is 73.5 cm³/mol. The molecule has 1 fully saturated rings. The van der Waals surface area contributed by atoms with Crippen molar-refractivity contribution in [2.24, 2.45) is 0 Å². The largest absolute Gasteiger partial charge is 0.492 e. The average molecular weight is 317 g/mol. The zero-order valence-corrected chi connectivity index (χ0v) is 12.0. The molecule has 0 aliphatic carbocycles. The van der Waals surface area contributed by atoms with Gasteiger partial charge in [-0.25, -0.2) is 4.39 Å². The second kappa shape index (κ2) is 6.50. The fourth-order valence-electron chi connectivity index (χ4n) is 2.11. The Morgan fingerprint density at radius 3 is 3.06 bits per heavy atom. The van der Waals surface area contributed by atoms with E-state index in [9.17, 15) is 4.39 Å². The first kappa shape index (κ1) is 13.8. The van der Waals surface area contributed by atoms with Crippen LogP contribution in [-0.4, -0.2) is 43.7 Å². The zero-order chi connectivity index (χ0) is 13.0. The van der Waals surface area contributed by atoms with Crippen molar-refractivity contribution in [3.63, 3.8) is 0 Å². The maximum absolute atomic E-state index is 13.1. The van der Waals surface area contributed by atoms with Gasteiger partial charge in [-0.1, -0.05) is 15.9 Å². The Hall–Kier alpha value is -0.650. The lowest BCUT2D eigenvalue weighted by Crippen LogP contribution is -2.50. The van der Waals surface area contributed by atoms with Crippen molar-refractivity contribution in [2.75, 3.05) is 32.8 Å². The highest BCUT2D eigenvalue weighted by Gasteiger charge is 2.17. The zero-order valence-electron chi connectivity index (χ0n) is 10.5. The van der Waals surface area contributed by atoms with Gasteiger partial charge in [0.05, 0.1) is 0 Å². The van der Waals surface area contributed by atoms with Crippen LogP contribution in [0.5, 0.6) is 5.75 Å². The summed E-state index contributed by atoms with van der Waals surface area (Å²) in [4.78, 5) is 2.38. The molecule has 100 valence electrons. The number of hydrogen-bond donors (Lipinski definition) is 1. The molecule has 1 unspecified atom stereocenters. The molecular weight excluding hydrogens is 299 g/mol. The first-order valence-corrected chi connectivity index (χ1v) is 6.98. The second-order valence-electron chi connectivity index (χ2n) is 4.54. The van der Waals surface area contributed by atoms with Gasteiger partial charge in [0.1, 0.15) is 18.2 Å². The fourth-order valence-corrected chi connectivity index (χ4v) is 2.55. The van der Waals surface area contributed by atoms with Crippen molar-refractivity contribution < 1.29 is 9.13 Å². The van der Waals surface area contributed by atoms with Gasteiger partial charge in [-0.15, -0.1) is 0 Å². The number of halogens is 2. The average Bonchev–Trinajstić information content (AvgIpc) is 2.30. The van der Waals surface area contributed by atoms with Crippen LogP contribution in [0.1, 0.15) is 6.92 Å². The number of benzene rings is 1. The van der Waals surface area contributed by atoms with Crippen LogP contribution in [0.25, 0.3) is 0 Å². The summed E-state index contributed by atoms with van der Waals surface area (Å²) in [6, 6.07) is 5.14. The predicted octanol–water partition coefficient (Wildman–Crippen LogP) is 2.26. The van der Waals surface area contributed by atoms with Gasteiger partial charge in [0, 0.05) is 42.8 Å². The number of nitrogens with zero attached hydrogens (tertiary/aromatic N) is 1. The highest BCUT2D eigenvalue weighted by Crippen LogP contribution is 2.20. The van der Waals surface area contributed by atoms with Gasteiger partial charge in [-0.3, -0.25) is 4.90 Å². The number of ether oxygens (including phenoxy) is 1. The molecule has 0 bridgehead atoms. The molecule has 0 radical (unpaired) electrons. The molecule has 1 aliphatic rings. The minimum Gasteiger partial charge on any atom is -0.492 e. The van der Waals surface area contributed by atoms with Gasteiger partial charge in [-0.05, 0) is 19.1 Å². The molecule has 1 atom stereocenters. The summed E-state index contributed by atoms with van der Waals surface area (Å²) in [7, 11) is 0. The normalized spacial score (nSPS) is 20.9. The molecule has 0 amide bonds. The molecule has 1 aliphatic heterocycles. The molecule has 1 aromatic carbocycles. The van der Waals surface area contributed by atoms with Crippen molar-refractivity contribution >= 4 is 15.9 Å². The Balaban J connectivity index is 1.80. The highest BCUT2D eigenvalue weighted by atomic mass is 79.9. The van der Waals surface area contributed by atoms with Gasteiger partial charge < -0.3 is 10.1 Å². The molecule has 1 aromatic rings. The van der Waals surface area contributed by atoms with E-state index < -0.39 is 0 Å². The summed E-state index contributed by atoms with van der Waals surface area (Å²) in [5.74, 6) is 0.291. The molecule has 3 nitrogen and oxygen atoms in total. The molecule has 2 rings (SSSR count). The summed E-state index contributed by atoms with van der Waals surface area (Å²) in [6.07, 6.45) is 0. The van der Waals surface area contributed by atoms with E-state index in [2.05, 4.69) is 33.1 Å². The van der Waals surface area contributed by atoms with Crippen LogP contribution in [0.2, 0.25) is 0 Å². The van der Waals surface area contributed by atoms with E-state index in [4.69, 9.17) is 4.74 Å². The molecule has 0 saturated carbocycles. The smallest absolute Gasteiger partial charge is 0.128 e. The van der Waals surface area contributed by atoms with Crippen LogP contribution in [0.3, 0.4) is 0 Å². The Kier molecular flexibility index (Phi) is 4.97. The Morgan fingerprint density at radius 2 is 2.33 bits per heavy atom. The van der Waals surface area contributed by atoms with Crippen molar-refractivity contribution in [1.82, 2.24) is 10.2 Å². The third-order valence-corrected chi connectivity index (χ3v) is 3.58. The van der Waals surface area contributed by atoms with Crippen molar-refractivity contribution in [2.45, 2.75) is 13.0 Å². The second-order valence-corrected chi connectivity index (χ2v) is 5.46. The third kappa shape index (κ3) is 3.93. The van der Waals surface area contributed by atoms with E-state index in [0.717, 1.165) is 26.2 Å². The van der Waals surface area contributed by atoms with E-state index in [0.29, 0.717) is 22.9 Å². The van der Waals surface area contributed by atoms with Crippen LogP contribution in [-0.2, 0) is 0 Å². The van der Waals surface area contributed by atoms with Gasteiger partial charge in [0.2, 0.25) is 0 Å². The molecular formula is C13H18BrFN2O. The van der Waals surface area contributed by atoms with Crippen LogP contribution >= 0.6 is 15.9 Å². The van der Waals surface area contributed by atoms with Crippen LogP contribution in [0.15, 0.2) is 22.7 Å². The number of piperazine rings is 1. The molecule has 0 aromatic heterocycles. The fraction of sp³-hybridized carbons (Fsp3) is 0.538. The number of hydrogen-bond acceptors (Lipinski definition) is 3. The van der Waals surface area contributed by atoms with Crippen LogP contribution < -0.4 is 10.1 Å². The maximum atomic E-state index is 13.1. The summed E-state index contributed by atoms with van der Waals surface area (Å²) >= 11 is 3.25. The van der Waals surface area contributed by atoms with Crippen LogP contribution in [0.4, 0.5) is 4.39 Å². The SMILES string of the molecule is CC1CNCCN1CCOc1cc(F)cc(Br)c1. The van der Waals surface area contributed by atoms with Crippen LogP contribution in [0, 0.1) is 5.82 Å². The standard InChI is InChI=1S/C13H18BrFN2O/c1-10-9-16-2-3-17(10)4-5-18-13-7-11(14)6-12(15)8-13/h6-8,10,16H,2-5,9H2,1H3. The minimum atomic E-state index is -0.282. The first-order chi connectivity index (χ1) is 8.65. The lowest BCUT2D eigenvalue weighted by Gasteiger charge is -2.33. The van der Waals surface area contributed by atoms with E-state index in [1.54, 1.807) is 6.07 Å². The number of rotatable bonds is 4. The number of nitrogens with one attached hydrogen (secondary N) is 1. The lowest BCUT2D eigenvalue weighted by molar-refractivity contribution is 0.143. The van der Waals surface area contributed by atoms with E-state index in [-0.39, 0.29) is 5.82 Å². The van der Waals surface area contributed by atoms with Crippen molar-refractivity contribution in [3.8, 4) is 5.75 Å². The summed E-state index contributed by atoms with van der Waals surface area (Å²) in [5.41, 5.74) is 0. The van der Waals surface area contributed by atoms with E-state index in [1.165, 1.54) is 12.1 Å². The summed E-state index contributed by atoms with van der Waals surface area (Å²) in [6.45, 7) is 6.74. The van der Waals surface area contributed by atoms with Crippen molar-refractivity contribution in [3.05, 3.63) is 28.5 Å².